The number of alkyl halides is 2. The van der Waals surface area contributed by atoms with Crippen LogP contribution < -0.4 is 10.2 Å². The number of anilines is 1. The van der Waals surface area contributed by atoms with Gasteiger partial charge in [-0.15, -0.1) is 0 Å². The maximum Gasteiger partial charge on any atom is 0.353 e. The molecule has 196 valence electrons. The van der Waals surface area contributed by atoms with E-state index >= 15 is 8.78 Å². The highest BCUT2D eigenvalue weighted by Crippen LogP contribution is 2.43. The molecule has 0 spiro atoms. The van der Waals surface area contributed by atoms with Crippen LogP contribution in [-0.2, 0) is 35.0 Å². The van der Waals surface area contributed by atoms with E-state index in [2.05, 4.69) is 5.32 Å². The van der Waals surface area contributed by atoms with Crippen molar-refractivity contribution in [2.45, 2.75) is 38.3 Å². The summed E-state index contributed by atoms with van der Waals surface area (Å²) < 4.78 is 31.8. The van der Waals surface area contributed by atoms with E-state index < -0.39 is 18.0 Å². The second-order valence-corrected chi connectivity index (χ2v) is 8.96. The minimum absolute atomic E-state index is 0.0450. The molecule has 0 saturated carbocycles. The summed E-state index contributed by atoms with van der Waals surface area (Å²) in [7, 11) is 0. The van der Waals surface area contributed by atoms with Crippen molar-refractivity contribution in [1.82, 2.24) is 5.32 Å². The lowest BCUT2D eigenvalue weighted by Gasteiger charge is -2.36. The van der Waals surface area contributed by atoms with Crippen LogP contribution in [0.1, 0.15) is 35.1 Å². The quantitative estimate of drug-likeness (QED) is 0.323. The number of rotatable bonds is 8. The lowest BCUT2D eigenvalue weighted by atomic mass is 9.98. The van der Waals surface area contributed by atoms with E-state index in [9.17, 15) is 9.59 Å². The fraction of sp³-hybridized carbons (Fsp3) is 0.286. The Morgan fingerprint density at radius 3 is 2.03 bits per heavy atom. The number of hydrogen-bond donors (Lipinski definition) is 3. The van der Waals surface area contributed by atoms with Gasteiger partial charge < -0.3 is 20.4 Å². The minimum Gasteiger partial charge on any atom is -0.481 e. The van der Waals surface area contributed by atoms with Gasteiger partial charge in [0.25, 0.3) is 0 Å². The smallest absolute Gasteiger partial charge is 0.353 e. The van der Waals surface area contributed by atoms with Gasteiger partial charge in [-0.3, -0.25) is 9.59 Å². The Labute approximate surface area is 219 Å². The van der Waals surface area contributed by atoms with Gasteiger partial charge in [0.05, 0.1) is 23.6 Å². The second-order valence-electron chi connectivity index (χ2n) is 8.55. The van der Waals surface area contributed by atoms with E-state index in [0.29, 0.717) is 17.1 Å². The van der Waals surface area contributed by atoms with E-state index in [1.165, 1.54) is 17.0 Å². The van der Waals surface area contributed by atoms with Gasteiger partial charge in [0.2, 0.25) is 0 Å². The van der Waals surface area contributed by atoms with Crippen molar-refractivity contribution in [1.29, 1.82) is 0 Å². The van der Waals surface area contributed by atoms with Crippen LogP contribution in [-0.4, -0.2) is 35.2 Å². The highest BCUT2D eigenvalue weighted by atomic mass is 35.5. The number of benzene rings is 3. The summed E-state index contributed by atoms with van der Waals surface area (Å²) in [5, 5.41) is 19.5. The molecular weight excluding hydrogens is 502 g/mol. The summed E-state index contributed by atoms with van der Waals surface area (Å²) in [5.41, 5.74) is 3.19. The van der Waals surface area contributed by atoms with Gasteiger partial charge in [-0.05, 0) is 48.7 Å². The van der Waals surface area contributed by atoms with Crippen LogP contribution in [0.2, 0.25) is 5.02 Å². The van der Waals surface area contributed by atoms with Gasteiger partial charge in [-0.25, -0.2) is 0 Å². The standard InChI is InChI=1S/C24H23ClF2N2.C4H6O4/c25-22-12-11-19-13-15-28-16-14-21(19)23(22)29(17-18-7-3-1-4-8-18)24(26,27)20-9-5-2-6-10-20;5-3(6)1-2-4(7)8/h1-12,28H,13-17H2;1-2H2,(H,5,6)(H,7,8). The molecule has 0 unspecified atom stereocenters. The molecular formula is C28H29ClF2N2O4. The molecule has 0 atom stereocenters. The number of aliphatic carboxylic acids is 2. The number of halogens is 3. The number of nitrogens with zero attached hydrogens (tertiary/aromatic N) is 1. The lowest BCUT2D eigenvalue weighted by Crippen LogP contribution is -2.40. The third-order valence-corrected chi connectivity index (χ3v) is 6.22. The van der Waals surface area contributed by atoms with Gasteiger partial charge >= 0.3 is 18.0 Å². The molecule has 1 aliphatic rings. The maximum absolute atomic E-state index is 15.9. The van der Waals surface area contributed by atoms with Crippen LogP contribution in [0.4, 0.5) is 14.5 Å². The predicted octanol–water partition coefficient (Wildman–Crippen LogP) is 5.72. The van der Waals surface area contributed by atoms with E-state index in [1.54, 1.807) is 24.3 Å². The van der Waals surface area contributed by atoms with Crippen molar-refractivity contribution < 1.29 is 28.6 Å². The molecule has 3 aromatic rings. The number of carboxylic acid groups (broad SMARTS) is 2. The van der Waals surface area contributed by atoms with Crippen molar-refractivity contribution in [3.8, 4) is 0 Å². The Morgan fingerprint density at radius 2 is 1.43 bits per heavy atom. The summed E-state index contributed by atoms with van der Waals surface area (Å²) in [5.74, 6) is -2.15. The Bertz CT molecular complexity index is 1180. The molecule has 9 heteroatoms. The lowest BCUT2D eigenvalue weighted by molar-refractivity contribution is -0.143. The molecule has 1 aliphatic heterocycles. The first-order valence-electron chi connectivity index (χ1n) is 11.9. The first-order valence-corrected chi connectivity index (χ1v) is 12.3. The predicted molar refractivity (Wildman–Crippen MR) is 139 cm³/mol. The van der Waals surface area contributed by atoms with E-state index in [4.69, 9.17) is 21.8 Å². The van der Waals surface area contributed by atoms with Crippen molar-refractivity contribution in [3.05, 3.63) is 100 Å². The first kappa shape index (κ1) is 28.1. The monoisotopic (exact) mass is 530 g/mol. The van der Waals surface area contributed by atoms with Gasteiger partial charge in [0.15, 0.2) is 0 Å². The number of fused-ring (bicyclic) bond motifs is 1. The molecule has 0 bridgehead atoms. The van der Waals surface area contributed by atoms with E-state index in [-0.39, 0.29) is 24.9 Å². The zero-order valence-electron chi connectivity index (χ0n) is 20.2. The minimum atomic E-state index is -3.21. The molecule has 4 rings (SSSR count). The molecule has 37 heavy (non-hydrogen) atoms. The van der Waals surface area contributed by atoms with Crippen molar-refractivity contribution in [3.63, 3.8) is 0 Å². The molecule has 3 N–H and O–H groups in total. The Kier molecular flexibility index (Phi) is 10.00. The third-order valence-electron chi connectivity index (χ3n) is 5.92. The summed E-state index contributed by atoms with van der Waals surface area (Å²) in [6.07, 6.45) is 0.877. The molecule has 0 amide bonds. The molecule has 0 fully saturated rings. The number of carboxylic acids is 2. The number of nitrogens with one attached hydrogen (secondary N) is 1. The van der Waals surface area contributed by atoms with Crippen molar-refractivity contribution in [2.75, 3.05) is 18.0 Å². The fourth-order valence-corrected chi connectivity index (χ4v) is 4.39. The average Bonchev–Trinajstić information content (AvgIpc) is 3.14. The van der Waals surface area contributed by atoms with E-state index in [1.807, 2.05) is 36.4 Å². The fourth-order valence-electron chi connectivity index (χ4n) is 4.11. The van der Waals surface area contributed by atoms with Crippen molar-refractivity contribution in [2.24, 2.45) is 0 Å². The Morgan fingerprint density at radius 1 is 0.865 bits per heavy atom. The van der Waals surface area contributed by atoms with Crippen LogP contribution in [0.15, 0.2) is 72.8 Å². The summed E-state index contributed by atoms with van der Waals surface area (Å²) >= 11 is 6.57. The van der Waals surface area contributed by atoms with Crippen LogP contribution >= 0.6 is 11.6 Å². The summed E-state index contributed by atoms with van der Waals surface area (Å²) in [4.78, 5) is 20.5. The van der Waals surface area contributed by atoms with Gasteiger partial charge in [-0.1, -0.05) is 78.3 Å². The highest BCUT2D eigenvalue weighted by molar-refractivity contribution is 6.33. The first-order chi connectivity index (χ1) is 17.7. The van der Waals surface area contributed by atoms with Crippen molar-refractivity contribution >= 4 is 29.2 Å². The number of hydrogen-bond acceptors (Lipinski definition) is 4. The maximum atomic E-state index is 15.9. The van der Waals surface area contributed by atoms with Crippen LogP contribution in [0.3, 0.4) is 0 Å². The molecule has 0 aliphatic carbocycles. The zero-order valence-corrected chi connectivity index (χ0v) is 20.9. The normalized spacial score (nSPS) is 12.9. The van der Waals surface area contributed by atoms with Crippen LogP contribution in [0, 0.1) is 0 Å². The Balaban J connectivity index is 0.000000414. The molecule has 0 radical (unpaired) electrons. The molecule has 0 aromatic heterocycles. The van der Waals surface area contributed by atoms with Crippen LogP contribution in [0.5, 0.6) is 0 Å². The highest BCUT2D eigenvalue weighted by Gasteiger charge is 2.41. The van der Waals surface area contributed by atoms with Gasteiger partial charge in [0.1, 0.15) is 0 Å². The van der Waals surface area contributed by atoms with E-state index in [0.717, 1.165) is 36.2 Å². The van der Waals surface area contributed by atoms with Gasteiger partial charge in [-0.2, -0.15) is 8.78 Å². The SMILES string of the molecule is FC(F)(c1ccccc1)N(Cc1ccccc1)c1c(Cl)ccc2c1CCNCC2.O=C(O)CCC(=O)O. The number of carbonyl (C=O) groups is 2. The largest absolute Gasteiger partial charge is 0.481 e. The molecule has 0 saturated heterocycles. The Hall–Kier alpha value is -3.49. The van der Waals surface area contributed by atoms with Crippen LogP contribution in [0.25, 0.3) is 0 Å². The topological polar surface area (TPSA) is 89.9 Å². The average molecular weight is 531 g/mol. The molecule has 1 heterocycles. The molecule has 6 nitrogen and oxygen atoms in total. The summed E-state index contributed by atoms with van der Waals surface area (Å²) in [6.45, 7) is 1.64. The third kappa shape index (κ3) is 7.74. The second kappa shape index (κ2) is 13.2. The molecule has 3 aromatic carbocycles. The zero-order chi connectivity index (χ0) is 26.8. The van der Waals surface area contributed by atoms with Gasteiger partial charge in [0, 0.05) is 12.1 Å². The summed E-state index contributed by atoms with van der Waals surface area (Å²) in [6, 6.07) is 17.8.